The molecule has 1 heterocycles. The number of hydrogen-bond acceptors (Lipinski definition) is 2. The van der Waals surface area contributed by atoms with Crippen molar-refractivity contribution in [1.82, 2.24) is 4.98 Å². The highest BCUT2D eigenvalue weighted by molar-refractivity contribution is 5.82. The number of rotatable bonds is 1. The van der Waals surface area contributed by atoms with Crippen molar-refractivity contribution in [3.63, 3.8) is 0 Å². The summed E-state index contributed by atoms with van der Waals surface area (Å²) >= 11 is 0. The molecule has 94 valence electrons. The average molecular weight is 240 g/mol. The fourth-order valence-electron chi connectivity index (χ4n) is 3.15. The maximum atomic E-state index is 6.37. The highest BCUT2D eigenvalue weighted by Gasteiger charge is 2.23. The van der Waals surface area contributed by atoms with Crippen LogP contribution >= 0.6 is 0 Å². The van der Waals surface area contributed by atoms with Crippen molar-refractivity contribution < 1.29 is 0 Å². The van der Waals surface area contributed by atoms with E-state index in [0.29, 0.717) is 12.0 Å². The van der Waals surface area contributed by atoms with Gasteiger partial charge in [-0.1, -0.05) is 43.5 Å². The highest BCUT2D eigenvalue weighted by atomic mass is 14.7. The molecule has 1 aromatic carbocycles. The fraction of sp³-hybridized carbons (Fsp3) is 0.438. The van der Waals surface area contributed by atoms with Gasteiger partial charge in [0.1, 0.15) is 0 Å². The van der Waals surface area contributed by atoms with Crippen LogP contribution in [0.25, 0.3) is 10.9 Å². The molecule has 0 radical (unpaired) electrons. The molecular weight excluding hydrogens is 220 g/mol. The Kier molecular flexibility index (Phi) is 3.28. The van der Waals surface area contributed by atoms with Gasteiger partial charge in [-0.25, -0.2) is 0 Å². The van der Waals surface area contributed by atoms with E-state index in [4.69, 9.17) is 5.73 Å². The summed E-state index contributed by atoms with van der Waals surface area (Å²) in [7, 11) is 0. The van der Waals surface area contributed by atoms with Crippen molar-refractivity contribution in [3.05, 3.63) is 42.1 Å². The third kappa shape index (κ3) is 2.13. The van der Waals surface area contributed by atoms with Crippen LogP contribution in [-0.2, 0) is 0 Å². The summed E-state index contributed by atoms with van der Waals surface area (Å²) in [6, 6.07) is 10.9. The van der Waals surface area contributed by atoms with E-state index >= 15 is 0 Å². The number of pyridine rings is 1. The van der Waals surface area contributed by atoms with Gasteiger partial charge in [-0.3, -0.25) is 4.98 Å². The average Bonchev–Trinajstić information content (AvgIpc) is 2.63. The Morgan fingerprint density at radius 3 is 2.78 bits per heavy atom. The summed E-state index contributed by atoms with van der Waals surface area (Å²) in [5, 5.41) is 1.23. The summed E-state index contributed by atoms with van der Waals surface area (Å²) in [6.07, 6.45) is 8.12. The fourth-order valence-corrected chi connectivity index (χ4v) is 3.15. The van der Waals surface area contributed by atoms with Crippen molar-refractivity contribution in [2.24, 2.45) is 5.73 Å². The molecule has 0 saturated heterocycles. The quantitative estimate of drug-likeness (QED) is 0.773. The summed E-state index contributed by atoms with van der Waals surface area (Å²) in [5.41, 5.74) is 8.86. The highest BCUT2D eigenvalue weighted by Crippen LogP contribution is 2.34. The zero-order valence-electron chi connectivity index (χ0n) is 10.7. The molecule has 0 bridgehead atoms. The zero-order valence-corrected chi connectivity index (χ0v) is 10.7. The lowest BCUT2D eigenvalue weighted by molar-refractivity contribution is 0.507. The lowest BCUT2D eigenvalue weighted by Gasteiger charge is -2.22. The normalized spacial score (nSPS) is 24.9. The molecule has 1 fully saturated rings. The maximum Gasteiger partial charge on any atom is 0.0737 e. The second-order valence-corrected chi connectivity index (χ2v) is 5.33. The standard InChI is InChI=1S/C16H20N2/c17-15-10-3-1-2-8-13(15)14-9-4-6-12-7-5-11-18-16(12)14/h4-7,9,11,13,15H,1-3,8,10,17H2. The van der Waals surface area contributed by atoms with Gasteiger partial charge in [0.15, 0.2) is 0 Å². The number of para-hydroxylation sites is 1. The Bertz CT molecular complexity index is 530. The van der Waals surface area contributed by atoms with Crippen molar-refractivity contribution in [2.75, 3.05) is 0 Å². The molecule has 0 aliphatic heterocycles. The van der Waals surface area contributed by atoms with E-state index < -0.39 is 0 Å². The first-order valence-electron chi connectivity index (χ1n) is 6.95. The van der Waals surface area contributed by atoms with Crippen molar-refractivity contribution in [2.45, 2.75) is 44.1 Å². The molecule has 2 atom stereocenters. The van der Waals surface area contributed by atoms with Gasteiger partial charge in [0.25, 0.3) is 0 Å². The molecule has 1 aliphatic carbocycles. The monoisotopic (exact) mass is 240 g/mol. The predicted molar refractivity (Wildman–Crippen MR) is 75.5 cm³/mol. The minimum atomic E-state index is 0.292. The number of benzene rings is 1. The van der Waals surface area contributed by atoms with Crippen LogP contribution in [0.4, 0.5) is 0 Å². The maximum absolute atomic E-state index is 6.37. The van der Waals surface area contributed by atoms with Crippen LogP contribution in [0.2, 0.25) is 0 Å². The Morgan fingerprint density at radius 1 is 1.00 bits per heavy atom. The molecule has 1 aliphatic rings. The number of hydrogen-bond donors (Lipinski definition) is 1. The topological polar surface area (TPSA) is 38.9 Å². The van der Waals surface area contributed by atoms with Gasteiger partial charge in [0, 0.05) is 23.5 Å². The van der Waals surface area contributed by atoms with E-state index in [-0.39, 0.29) is 0 Å². The van der Waals surface area contributed by atoms with E-state index in [1.807, 2.05) is 12.3 Å². The zero-order chi connectivity index (χ0) is 12.4. The third-order valence-electron chi connectivity index (χ3n) is 4.13. The van der Waals surface area contributed by atoms with Gasteiger partial charge in [-0.05, 0) is 24.5 Å². The first-order chi connectivity index (χ1) is 8.86. The number of nitrogens with zero attached hydrogens (tertiary/aromatic N) is 1. The largest absolute Gasteiger partial charge is 0.327 e. The lowest BCUT2D eigenvalue weighted by atomic mass is 9.87. The van der Waals surface area contributed by atoms with Crippen LogP contribution in [-0.4, -0.2) is 11.0 Å². The van der Waals surface area contributed by atoms with Crippen molar-refractivity contribution in [1.29, 1.82) is 0 Å². The molecule has 18 heavy (non-hydrogen) atoms. The van der Waals surface area contributed by atoms with E-state index in [2.05, 4.69) is 29.2 Å². The van der Waals surface area contributed by atoms with Crippen LogP contribution in [0.15, 0.2) is 36.5 Å². The molecule has 2 unspecified atom stereocenters. The van der Waals surface area contributed by atoms with Gasteiger partial charge in [-0.15, -0.1) is 0 Å². The Balaban J connectivity index is 2.07. The van der Waals surface area contributed by atoms with E-state index in [9.17, 15) is 0 Å². The predicted octanol–water partition coefficient (Wildman–Crippen LogP) is 3.61. The van der Waals surface area contributed by atoms with Crippen LogP contribution in [0, 0.1) is 0 Å². The van der Waals surface area contributed by atoms with Crippen LogP contribution in [0.5, 0.6) is 0 Å². The first-order valence-corrected chi connectivity index (χ1v) is 6.95. The molecule has 2 nitrogen and oxygen atoms in total. The molecule has 2 aromatic rings. The van der Waals surface area contributed by atoms with E-state index in [1.54, 1.807) is 0 Å². The van der Waals surface area contributed by atoms with Gasteiger partial charge in [0.2, 0.25) is 0 Å². The molecule has 3 rings (SSSR count). The second-order valence-electron chi connectivity index (χ2n) is 5.33. The molecule has 2 heteroatoms. The summed E-state index contributed by atoms with van der Waals surface area (Å²) in [5.74, 6) is 0.478. The molecule has 0 amide bonds. The molecule has 1 aromatic heterocycles. The van der Waals surface area contributed by atoms with Crippen LogP contribution < -0.4 is 5.73 Å². The number of fused-ring (bicyclic) bond motifs is 1. The van der Waals surface area contributed by atoms with Crippen LogP contribution in [0.3, 0.4) is 0 Å². The minimum absolute atomic E-state index is 0.292. The SMILES string of the molecule is NC1CCCCCC1c1cccc2cccnc12. The number of aromatic nitrogens is 1. The van der Waals surface area contributed by atoms with Gasteiger partial charge in [0.05, 0.1) is 5.52 Å². The Hall–Kier alpha value is -1.41. The summed E-state index contributed by atoms with van der Waals surface area (Å²) in [4.78, 5) is 4.57. The third-order valence-corrected chi connectivity index (χ3v) is 4.13. The first kappa shape index (κ1) is 11.7. The van der Waals surface area contributed by atoms with Crippen molar-refractivity contribution in [3.8, 4) is 0 Å². The Morgan fingerprint density at radius 2 is 1.83 bits per heavy atom. The molecule has 1 saturated carbocycles. The smallest absolute Gasteiger partial charge is 0.0737 e. The van der Waals surface area contributed by atoms with E-state index in [1.165, 1.54) is 36.6 Å². The molecule has 2 N–H and O–H groups in total. The van der Waals surface area contributed by atoms with E-state index in [0.717, 1.165) is 11.9 Å². The lowest BCUT2D eigenvalue weighted by Crippen LogP contribution is -2.27. The van der Waals surface area contributed by atoms with Crippen LogP contribution in [0.1, 0.15) is 43.6 Å². The van der Waals surface area contributed by atoms with Crippen molar-refractivity contribution >= 4 is 10.9 Å². The summed E-state index contributed by atoms with van der Waals surface area (Å²) in [6.45, 7) is 0. The molecular formula is C16H20N2. The second kappa shape index (κ2) is 5.07. The van der Waals surface area contributed by atoms with Gasteiger partial charge >= 0.3 is 0 Å². The molecule has 0 spiro atoms. The van der Waals surface area contributed by atoms with Gasteiger partial charge < -0.3 is 5.73 Å². The minimum Gasteiger partial charge on any atom is -0.327 e. The Labute approximate surface area is 108 Å². The van der Waals surface area contributed by atoms with Gasteiger partial charge in [-0.2, -0.15) is 0 Å². The summed E-state index contributed by atoms with van der Waals surface area (Å²) < 4.78 is 0. The number of nitrogens with two attached hydrogens (primary N) is 1.